The lowest BCUT2D eigenvalue weighted by Gasteiger charge is -2.32. The maximum absolute atomic E-state index is 11.6. The van der Waals surface area contributed by atoms with E-state index in [1.54, 1.807) is 12.1 Å². The Bertz CT molecular complexity index is 659. The van der Waals surface area contributed by atoms with E-state index in [0.29, 0.717) is 5.56 Å². The summed E-state index contributed by atoms with van der Waals surface area (Å²) in [4.78, 5) is 21.0. The minimum Gasteiger partial charge on any atom is -0.465 e. The van der Waals surface area contributed by atoms with Gasteiger partial charge in [0.05, 0.1) is 18.4 Å². The van der Waals surface area contributed by atoms with Crippen LogP contribution in [0.5, 0.6) is 0 Å². The molecule has 1 saturated heterocycles. The smallest absolute Gasteiger partial charge is 0.338 e. The molecule has 0 aromatic carbocycles. The van der Waals surface area contributed by atoms with Crippen molar-refractivity contribution in [2.75, 3.05) is 46.9 Å². The Labute approximate surface area is 130 Å². The number of hydrogen-bond donors (Lipinski definition) is 0. The fourth-order valence-corrected chi connectivity index (χ4v) is 2.74. The van der Waals surface area contributed by atoms with E-state index in [2.05, 4.69) is 21.8 Å². The van der Waals surface area contributed by atoms with Gasteiger partial charge in [-0.15, -0.1) is 0 Å². The average molecular weight is 302 g/mol. The number of hydrogen-bond acceptors (Lipinski definition) is 5. The summed E-state index contributed by atoms with van der Waals surface area (Å²) in [6.45, 7) is 5.54. The number of pyridine rings is 1. The van der Waals surface area contributed by atoms with Gasteiger partial charge in [-0.3, -0.25) is 0 Å². The van der Waals surface area contributed by atoms with Crippen LogP contribution in [0.15, 0.2) is 24.5 Å². The summed E-state index contributed by atoms with van der Waals surface area (Å²) in [5.74, 6) is -0.329. The van der Waals surface area contributed by atoms with Crippen LogP contribution in [0.2, 0.25) is 0 Å². The second-order valence-corrected chi connectivity index (χ2v) is 5.80. The van der Waals surface area contributed by atoms with Gasteiger partial charge in [0.25, 0.3) is 0 Å². The van der Waals surface area contributed by atoms with Gasteiger partial charge in [0.2, 0.25) is 0 Å². The molecule has 2 aromatic rings. The van der Waals surface area contributed by atoms with Gasteiger partial charge in [-0.25, -0.2) is 9.78 Å². The standard InChI is InChI=1S/C16H22N4O2/c1-18-7-9-19(10-8-18)5-4-14-12-20-6-3-13(16(21)22-2)11-15(20)17-14/h3,6,11-12H,4-5,7-10H2,1-2H3. The van der Waals surface area contributed by atoms with Gasteiger partial charge < -0.3 is 18.9 Å². The third kappa shape index (κ3) is 3.28. The summed E-state index contributed by atoms with van der Waals surface area (Å²) < 4.78 is 6.69. The zero-order valence-corrected chi connectivity index (χ0v) is 13.2. The molecule has 6 heteroatoms. The molecule has 6 nitrogen and oxygen atoms in total. The molecular weight excluding hydrogens is 280 g/mol. The minimum absolute atomic E-state index is 0.329. The Kier molecular flexibility index (Phi) is 4.40. The third-order valence-electron chi connectivity index (χ3n) is 4.21. The third-order valence-corrected chi connectivity index (χ3v) is 4.21. The predicted molar refractivity (Wildman–Crippen MR) is 84.2 cm³/mol. The topological polar surface area (TPSA) is 50.1 Å². The van der Waals surface area contributed by atoms with Gasteiger partial charge in [0.1, 0.15) is 5.65 Å². The van der Waals surface area contributed by atoms with Crippen LogP contribution in [0.25, 0.3) is 5.65 Å². The van der Waals surface area contributed by atoms with E-state index in [1.165, 1.54) is 7.11 Å². The van der Waals surface area contributed by atoms with Crippen molar-refractivity contribution in [1.29, 1.82) is 0 Å². The summed E-state index contributed by atoms with van der Waals surface area (Å²) >= 11 is 0. The van der Waals surface area contributed by atoms with Crippen LogP contribution in [-0.2, 0) is 11.2 Å². The molecule has 0 spiro atoms. The second kappa shape index (κ2) is 6.46. The number of fused-ring (bicyclic) bond motifs is 1. The van der Waals surface area contributed by atoms with E-state index < -0.39 is 0 Å². The summed E-state index contributed by atoms with van der Waals surface area (Å²) in [5, 5.41) is 0. The Balaban J connectivity index is 1.66. The molecule has 1 aliphatic heterocycles. The zero-order valence-electron chi connectivity index (χ0n) is 13.2. The van der Waals surface area contributed by atoms with Gasteiger partial charge in [0, 0.05) is 51.5 Å². The van der Waals surface area contributed by atoms with Gasteiger partial charge in [-0.05, 0) is 19.2 Å². The summed E-state index contributed by atoms with van der Waals surface area (Å²) in [7, 11) is 3.55. The number of imidazole rings is 1. The molecule has 0 amide bonds. The summed E-state index contributed by atoms with van der Waals surface area (Å²) in [6.07, 6.45) is 4.82. The average Bonchev–Trinajstić information content (AvgIpc) is 2.95. The molecule has 0 saturated carbocycles. The number of ether oxygens (including phenoxy) is 1. The van der Waals surface area contributed by atoms with E-state index in [1.807, 2.05) is 16.8 Å². The Morgan fingerprint density at radius 2 is 2.09 bits per heavy atom. The Morgan fingerprint density at radius 3 is 2.82 bits per heavy atom. The number of likely N-dealkylation sites (N-methyl/N-ethyl adjacent to an activating group) is 1. The molecule has 3 heterocycles. The van der Waals surface area contributed by atoms with Gasteiger partial charge in [-0.1, -0.05) is 0 Å². The first-order valence-corrected chi connectivity index (χ1v) is 7.62. The number of rotatable bonds is 4. The highest BCUT2D eigenvalue weighted by Crippen LogP contribution is 2.11. The highest BCUT2D eigenvalue weighted by Gasteiger charge is 2.14. The van der Waals surface area contributed by atoms with Crippen molar-refractivity contribution >= 4 is 11.6 Å². The number of methoxy groups -OCH3 is 1. The van der Waals surface area contributed by atoms with E-state index in [0.717, 1.165) is 50.5 Å². The highest BCUT2D eigenvalue weighted by molar-refractivity contribution is 5.90. The molecule has 0 atom stereocenters. The second-order valence-electron chi connectivity index (χ2n) is 5.80. The van der Waals surface area contributed by atoms with Gasteiger partial charge in [-0.2, -0.15) is 0 Å². The number of piperazine rings is 1. The quantitative estimate of drug-likeness (QED) is 0.786. The van der Waals surface area contributed by atoms with Crippen LogP contribution < -0.4 is 0 Å². The Hall–Kier alpha value is -1.92. The minimum atomic E-state index is -0.329. The predicted octanol–water partition coefficient (Wildman–Crippen LogP) is 0.911. The maximum Gasteiger partial charge on any atom is 0.338 e. The van der Waals surface area contributed by atoms with Crippen molar-refractivity contribution in [2.24, 2.45) is 0 Å². The molecular formula is C16H22N4O2. The normalized spacial score (nSPS) is 17.0. The first kappa shape index (κ1) is 15.0. The van der Waals surface area contributed by atoms with Crippen LogP contribution in [0.3, 0.4) is 0 Å². The SMILES string of the molecule is COC(=O)c1ccn2cc(CCN3CCN(C)CC3)nc2c1. The first-order chi connectivity index (χ1) is 10.7. The zero-order chi connectivity index (χ0) is 15.5. The lowest BCUT2D eigenvalue weighted by molar-refractivity contribution is 0.0600. The fraction of sp³-hybridized carbons (Fsp3) is 0.500. The van der Waals surface area contributed by atoms with E-state index in [4.69, 9.17) is 4.74 Å². The number of aromatic nitrogens is 2. The Morgan fingerprint density at radius 1 is 1.32 bits per heavy atom. The number of esters is 1. The molecule has 0 radical (unpaired) electrons. The van der Waals surface area contributed by atoms with Crippen molar-refractivity contribution in [3.8, 4) is 0 Å². The molecule has 22 heavy (non-hydrogen) atoms. The van der Waals surface area contributed by atoms with Crippen LogP contribution in [0.1, 0.15) is 16.1 Å². The fourth-order valence-electron chi connectivity index (χ4n) is 2.74. The van der Waals surface area contributed by atoms with E-state index in [9.17, 15) is 4.79 Å². The molecule has 1 fully saturated rings. The van der Waals surface area contributed by atoms with Crippen LogP contribution in [0, 0.1) is 0 Å². The number of nitrogens with zero attached hydrogens (tertiary/aromatic N) is 4. The molecule has 0 aliphatic carbocycles. The largest absolute Gasteiger partial charge is 0.465 e. The molecule has 2 aromatic heterocycles. The van der Waals surface area contributed by atoms with Gasteiger partial charge >= 0.3 is 5.97 Å². The van der Waals surface area contributed by atoms with Crippen LogP contribution in [-0.4, -0.2) is 72.0 Å². The monoisotopic (exact) mass is 302 g/mol. The van der Waals surface area contributed by atoms with Crippen LogP contribution in [0.4, 0.5) is 0 Å². The van der Waals surface area contributed by atoms with E-state index >= 15 is 0 Å². The number of carbonyl (C=O) groups is 1. The van der Waals surface area contributed by atoms with E-state index in [-0.39, 0.29) is 5.97 Å². The maximum atomic E-state index is 11.6. The van der Waals surface area contributed by atoms with Crippen molar-refractivity contribution in [1.82, 2.24) is 19.2 Å². The summed E-state index contributed by atoms with van der Waals surface area (Å²) in [6, 6.07) is 3.52. The van der Waals surface area contributed by atoms with Crippen molar-refractivity contribution < 1.29 is 9.53 Å². The van der Waals surface area contributed by atoms with Crippen LogP contribution >= 0.6 is 0 Å². The van der Waals surface area contributed by atoms with Gasteiger partial charge in [0.15, 0.2) is 0 Å². The lowest BCUT2D eigenvalue weighted by atomic mass is 10.2. The highest BCUT2D eigenvalue weighted by atomic mass is 16.5. The number of carbonyl (C=O) groups excluding carboxylic acids is 1. The lowest BCUT2D eigenvalue weighted by Crippen LogP contribution is -2.45. The molecule has 3 rings (SSSR count). The molecule has 118 valence electrons. The molecule has 0 unspecified atom stereocenters. The van der Waals surface area contributed by atoms with Crippen molar-refractivity contribution in [3.63, 3.8) is 0 Å². The summed E-state index contributed by atoms with van der Waals surface area (Å²) in [5.41, 5.74) is 2.38. The molecule has 0 N–H and O–H groups in total. The molecule has 1 aliphatic rings. The first-order valence-electron chi connectivity index (χ1n) is 7.62. The molecule has 0 bridgehead atoms. The van der Waals surface area contributed by atoms with Crippen molar-refractivity contribution in [2.45, 2.75) is 6.42 Å². The van der Waals surface area contributed by atoms with Crippen molar-refractivity contribution in [3.05, 3.63) is 35.8 Å².